The first-order valence-electron chi connectivity index (χ1n) is 7.51. The van der Waals surface area contributed by atoms with Crippen LogP contribution in [0.5, 0.6) is 5.88 Å². The molecule has 0 bridgehead atoms. The monoisotopic (exact) mass is 299 g/mol. The lowest BCUT2D eigenvalue weighted by Gasteiger charge is -2.28. The Hall–Kier alpha value is -2.14. The molecule has 0 spiro atoms. The third kappa shape index (κ3) is 3.04. The Labute approximate surface area is 130 Å². The highest BCUT2D eigenvalue weighted by Crippen LogP contribution is 2.29. The van der Waals surface area contributed by atoms with Gasteiger partial charge in [0.1, 0.15) is 12.1 Å². The van der Waals surface area contributed by atoms with Crippen LogP contribution in [0.1, 0.15) is 12.0 Å². The van der Waals surface area contributed by atoms with Crippen molar-refractivity contribution >= 4 is 5.82 Å². The SMILES string of the molecule is COc1cc(N2CC[C@@H](OC)[C@@H]2Cc2ccccc2)ncn1. The van der Waals surface area contributed by atoms with Crippen LogP contribution >= 0.6 is 0 Å². The fourth-order valence-electron chi connectivity index (χ4n) is 3.08. The number of nitrogens with zero attached hydrogens (tertiary/aromatic N) is 3. The van der Waals surface area contributed by atoms with Gasteiger partial charge < -0.3 is 14.4 Å². The Bertz CT molecular complexity index is 606. The number of benzene rings is 1. The first-order chi connectivity index (χ1) is 10.8. The lowest BCUT2D eigenvalue weighted by molar-refractivity contribution is 0.0953. The first-order valence-corrected chi connectivity index (χ1v) is 7.51. The van der Waals surface area contributed by atoms with Gasteiger partial charge in [0.05, 0.1) is 19.3 Å². The summed E-state index contributed by atoms with van der Waals surface area (Å²) in [5.41, 5.74) is 1.31. The van der Waals surface area contributed by atoms with Crippen LogP contribution in [0.2, 0.25) is 0 Å². The predicted molar refractivity (Wildman–Crippen MR) is 85.3 cm³/mol. The maximum absolute atomic E-state index is 5.69. The van der Waals surface area contributed by atoms with Crippen LogP contribution in [0.15, 0.2) is 42.7 Å². The van der Waals surface area contributed by atoms with Crippen LogP contribution < -0.4 is 9.64 Å². The van der Waals surface area contributed by atoms with E-state index in [9.17, 15) is 0 Å². The first kappa shape index (κ1) is 14.8. The molecular weight excluding hydrogens is 278 g/mol. The summed E-state index contributed by atoms with van der Waals surface area (Å²) in [5, 5.41) is 0. The Balaban J connectivity index is 1.85. The normalized spacial score (nSPS) is 21.1. The zero-order valence-electron chi connectivity index (χ0n) is 13.0. The molecule has 0 radical (unpaired) electrons. The average molecular weight is 299 g/mol. The fraction of sp³-hybridized carbons (Fsp3) is 0.412. The Morgan fingerprint density at radius 2 is 2.00 bits per heavy atom. The van der Waals surface area contributed by atoms with E-state index in [4.69, 9.17) is 9.47 Å². The van der Waals surface area contributed by atoms with Gasteiger partial charge in [0.15, 0.2) is 0 Å². The van der Waals surface area contributed by atoms with Crippen molar-refractivity contribution in [1.29, 1.82) is 0 Å². The summed E-state index contributed by atoms with van der Waals surface area (Å²) in [6.07, 6.45) is 3.70. The molecule has 116 valence electrons. The summed E-state index contributed by atoms with van der Waals surface area (Å²) in [6.45, 7) is 0.927. The number of ether oxygens (including phenoxy) is 2. The Morgan fingerprint density at radius 1 is 1.18 bits per heavy atom. The van der Waals surface area contributed by atoms with E-state index in [0.717, 1.165) is 25.2 Å². The fourth-order valence-corrected chi connectivity index (χ4v) is 3.08. The van der Waals surface area contributed by atoms with Crippen LogP contribution in [0, 0.1) is 0 Å². The van der Waals surface area contributed by atoms with Gasteiger partial charge in [-0.1, -0.05) is 30.3 Å². The summed E-state index contributed by atoms with van der Waals surface area (Å²) in [5.74, 6) is 1.48. The van der Waals surface area contributed by atoms with E-state index in [-0.39, 0.29) is 12.1 Å². The minimum Gasteiger partial charge on any atom is -0.481 e. The largest absolute Gasteiger partial charge is 0.481 e. The molecule has 2 heterocycles. The standard InChI is InChI=1S/C17H21N3O2/c1-21-15-8-9-20(16-11-17(22-2)19-12-18-16)14(15)10-13-6-4-3-5-7-13/h3-7,11-12,14-15H,8-10H2,1-2H3/t14-,15+/m0/s1. The van der Waals surface area contributed by atoms with Gasteiger partial charge in [-0.25, -0.2) is 9.97 Å². The van der Waals surface area contributed by atoms with E-state index in [1.54, 1.807) is 20.5 Å². The van der Waals surface area contributed by atoms with Crippen molar-refractivity contribution in [3.8, 4) is 5.88 Å². The zero-order chi connectivity index (χ0) is 15.4. The summed E-state index contributed by atoms with van der Waals surface area (Å²) < 4.78 is 10.9. The Morgan fingerprint density at radius 3 is 2.73 bits per heavy atom. The summed E-state index contributed by atoms with van der Waals surface area (Å²) in [6, 6.07) is 12.7. The highest BCUT2D eigenvalue weighted by atomic mass is 16.5. The predicted octanol–water partition coefficient (Wildman–Crippen LogP) is 2.32. The van der Waals surface area contributed by atoms with Crippen molar-refractivity contribution in [2.45, 2.75) is 25.0 Å². The highest BCUT2D eigenvalue weighted by Gasteiger charge is 2.35. The molecule has 0 saturated carbocycles. The minimum absolute atomic E-state index is 0.209. The third-order valence-electron chi connectivity index (χ3n) is 4.21. The van der Waals surface area contributed by atoms with Crippen molar-refractivity contribution in [1.82, 2.24) is 9.97 Å². The van der Waals surface area contributed by atoms with Crippen molar-refractivity contribution in [2.24, 2.45) is 0 Å². The van der Waals surface area contributed by atoms with Gasteiger partial charge in [-0.05, 0) is 18.4 Å². The molecule has 22 heavy (non-hydrogen) atoms. The van der Waals surface area contributed by atoms with Gasteiger partial charge in [0.2, 0.25) is 5.88 Å². The Kier molecular flexibility index (Phi) is 4.53. The van der Waals surface area contributed by atoms with Crippen LogP contribution in [0.25, 0.3) is 0 Å². The van der Waals surface area contributed by atoms with E-state index in [1.807, 2.05) is 12.1 Å². The number of hydrogen-bond acceptors (Lipinski definition) is 5. The minimum atomic E-state index is 0.209. The molecule has 5 nitrogen and oxygen atoms in total. The molecule has 0 unspecified atom stereocenters. The summed E-state index contributed by atoms with van der Waals surface area (Å²) in [4.78, 5) is 10.8. The van der Waals surface area contributed by atoms with Crippen molar-refractivity contribution < 1.29 is 9.47 Å². The molecule has 3 rings (SSSR count). The molecule has 1 saturated heterocycles. The van der Waals surface area contributed by atoms with Gasteiger partial charge in [-0.15, -0.1) is 0 Å². The van der Waals surface area contributed by atoms with E-state index in [2.05, 4.69) is 39.1 Å². The van der Waals surface area contributed by atoms with Gasteiger partial charge in [0.25, 0.3) is 0 Å². The lowest BCUT2D eigenvalue weighted by Crippen LogP contribution is -2.38. The van der Waals surface area contributed by atoms with Gasteiger partial charge in [0, 0.05) is 19.7 Å². The van der Waals surface area contributed by atoms with Gasteiger partial charge in [-0.3, -0.25) is 0 Å². The topological polar surface area (TPSA) is 47.5 Å². The summed E-state index contributed by atoms with van der Waals surface area (Å²) >= 11 is 0. The molecule has 2 atom stereocenters. The smallest absolute Gasteiger partial charge is 0.218 e. The third-order valence-corrected chi connectivity index (χ3v) is 4.21. The van der Waals surface area contributed by atoms with Crippen LogP contribution in [0.4, 0.5) is 5.82 Å². The van der Waals surface area contributed by atoms with Gasteiger partial charge >= 0.3 is 0 Å². The molecule has 1 aromatic heterocycles. The molecule has 1 fully saturated rings. The molecule has 0 amide bonds. The van der Waals surface area contributed by atoms with Crippen LogP contribution in [-0.4, -0.2) is 42.9 Å². The number of anilines is 1. The van der Waals surface area contributed by atoms with Crippen LogP contribution in [0.3, 0.4) is 0 Å². The maximum Gasteiger partial charge on any atom is 0.218 e. The molecule has 0 N–H and O–H groups in total. The number of methoxy groups -OCH3 is 2. The van der Waals surface area contributed by atoms with Crippen molar-refractivity contribution in [3.63, 3.8) is 0 Å². The van der Waals surface area contributed by atoms with Crippen molar-refractivity contribution in [3.05, 3.63) is 48.3 Å². The molecule has 2 aromatic rings. The van der Waals surface area contributed by atoms with Gasteiger partial charge in [-0.2, -0.15) is 0 Å². The molecule has 1 aromatic carbocycles. The quantitative estimate of drug-likeness (QED) is 0.848. The van der Waals surface area contributed by atoms with E-state index < -0.39 is 0 Å². The zero-order valence-corrected chi connectivity index (χ0v) is 13.0. The lowest BCUT2D eigenvalue weighted by atomic mass is 10.0. The second-order valence-corrected chi connectivity index (χ2v) is 5.43. The molecule has 1 aliphatic rings. The second kappa shape index (κ2) is 6.75. The maximum atomic E-state index is 5.69. The molecule has 0 aliphatic carbocycles. The highest BCUT2D eigenvalue weighted by molar-refractivity contribution is 5.44. The summed E-state index contributed by atoms with van der Waals surface area (Å²) in [7, 11) is 3.40. The van der Waals surface area contributed by atoms with Crippen LogP contribution in [-0.2, 0) is 11.2 Å². The van der Waals surface area contributed by atoms with Crippen molar-refractivity contribution in [2.75, 3.05) is 25.7 Å². The van der Waals surface area contributed by atoms with E-state index >= 15 is 0 Å². The number of hydrogen-bond donors (Lipinski definition) is 0. The van der Waals surface area contributed by atoms with E-state index in [1.165, 1.54) is 5.56 Å². The molecule has 5 heteroatoms. The number of aromatic nitrogens is 2. The average Bonchev–Trinajstić information content (AvgIpc) is 2.98. The molecule has 1 aliphatic heterocycles. The molecular formula is C17H21N3O2. The number of rotatable bonds is 5. The van der Waals surface area contributed by atoms with E-state index in [0.29, 0.717) is 5.88 Å². The second-order valence-electron chi connectivity index (χ2n) is 5.43.